The van der Waals surface area contributed by atoms with Gasteiger partial charge >= 0.3 is 6.61 Å². The van der Waals surface area contributed by atoms with Gasteiger partial charge in [-0.1, -0.05) is 30.0 Å². The predicted octanol–water partition coefficient (Wildman–Crippen LogP) is 4.68. The minimum atomic E-state index is -3.04. The van der Waals surface area contributed by atoms with Crippen LogP contribution in [-0.4, -0.2) is 59.5 Å². The molecular formula is C30H26F2N4O5S. The number of aromatic nitrogens is 1. The number of nitrogens with zero attached hydrogens (tertiary/aromatic N) is 1. The quantitative estimate of drug-likeness (QED) is 0.241. The van der Waals surface area contributed by atoms with Gasteiger partial charge in [0.1, 0.15) is 17.5 Å². The second kappa shape index (κ2) is 11.8. The number of hydrogen-bond donors (Lipinski definition) is 3. The number of nitrogens with one attached hydrogen (secondary N) is 3. The van der Waals surface area contributed by atoms with E-state index in [0.29, 0.717) is 11.5 Å². The topological polar surface area (TPSA) is 113 Å². The van der Waals surface area contributed by atoms with Crippen LogP contribution >= 0.6 is 11.8 Å². The molecule has 2 atom stereocenters. The Morgan fingerprint density at radius 1 is 1.02 bits per heavy atom. The van der Waals surface area contributed by atoms with Gasteiger partial charge in [0.15, 0.2) is 0 Å². The number of fused-ring (bicyclic) bond motifs is 3. The van der Waals surface area contributed by atoms with Crippen LogP contribution in [0.5, 0.6) is 11.5 Å². The number of benzene rings is 3. The lowest BCUT2D eigenvalue weighted by molar-refractivity contribution is -0.160. The Kier molecular flexibility index (Phi) is 7.81. The summed E-state index contributed by atoms with van der Waals surface area (Å²) in [5, 5.41) is 6.35. The number of alkyl halides is 2. The fourth-order valence-corrected chi connectivity index (χ4v) is 6.05. The molecule has 0 saturated carbocycles. The average Bonchev–Trinajstić information content (AvgIpc) is 3.63. The first-order valence-electron chi connectivity index (χ1n) is 13.3. The molecule has 0 bridgehead atoms. The molecule has 0 aliphatic carbocycles. The Morgan fingerprint density at radius 2 is 1.86 bits per heavy atom. The molecule has 42 heavy (non-hydrogen) atoms. The van der Waals surface area contributed by atoms with Gasteiger partial charge in [-0.2, -0.15) is 8.78 Å². The monoisotopic (exact) mass is 592 g/mol. The van der Waals surface area contributed by atoms with E-state index in [4.69, 9.17) is 4.74 Å². The summed E-state index contributed by atoms with van der Waals surface area (Å²) in [7, 11) is 0. The number of ether oxygens (including phenoxy) is 2. The molecule has 1 aromatic heterocycles. The molecule has 3 aromatic carbocycles. The summed E-state index contributed by atoms with van der Waals surface area (Å²) in [5.74, 6) is -0.382. The SMILES string of the molecule is O=C(NCC(=O)N1C[C@H](OC(F)F)C[C@H]1C(=O)NCc1ccc2[nH]ccc2c1)c1ccc2c(c1)Oc1ccccc1S2. The van der Waals surface area contributed by atoms with Gasteiger partial charge in [-0.3, -0.25) is 14.4 Å². The molecule has 3 heterocycles. The lowest BCUT2D eigenvalue weighted by Gasteiger charge is -2.24. The van der Waals surface area contributed by atoms with Gasteiger partial charge in [-0.15, -0.1) is 0 Å². The van der Waals surface area contributed by atoms with Gasteiger partial charge < -0.3 is 30.0 Å². The molecule has 6 rings (SSSR count). The van der Waals surface area contributed by atoms with Crippen molar-refractivity contribution in [1.29, 1.82) is 0 Å². The first-order chi connectivity index (χ1) is 20.3. The summed E-state index contributed by atoms with van der Waals surface area (Å²) < 4.78 is 36.5. The van der Waals surface area contributed by atoms with Gasteiger partial charge in [0.2, 0.25) is 11.8 Å². The van der Waals surface area contributed by atoms with E-state index in [1.807, 2.05) is 54.7 Å². The number of aromatic amines is 1. The molecule has 0 unspecified atom stereocenters. The molecule has 9 nitrogen and oxygen atoms in total. The van der Waals surface area contributed by atoms with Crippen molar-refractivity contribution < 1.29 is 32.6 Å². The minimum Gasteiger partial charge on any atom is -0.455 e. The van der Waals surface area contributed by atoms with Crippen LogP contribution in [0.1, 0.15) is 22.3 Å². The highest BCUT2D eigenvalue weighted by Crippen LogP contribution is 2.46. The number of hydrogen-bond acceptors (Lipinski definition) is 6. The molecule has 0 radical (unpaired) electrons. The van der Waals surface area contributed by atoms with Crippen LogP contribution in [-0.2, 0) is 20.9 Å². The van der Waals surface area contributed by atoms with Crippen molar-refractivity contribution in [3.63, 3.8) is 0 Å². The number of para-hydroxylation sites is 1. The van der Waals surface area contributed by atoms with E-state index in [2.05, 4.69) is 20.4 Å². The summed E-state index contributed by atoms with van der Waals surface area (Å²) in [6.07, 6.45) is 0.706. The third kappa shape index (κ3) is 5.95. The van der Waals surface area contributed by atoms with Crippen molar-refractivity contribution >= 4 is 40.4 Å². The number of amides is 3. The normalized spacial score (nSPS) is 17.5. The Balaban J connectivity index is 1.09. The molecule has 4 aromatic rings. The van der Waals surface area contributed by atoms with Crippen molar-refractivity contribution in [3.05, 3.63) is 84.1 Å². The van der Waals surface area contributed by atoms with Crippen molar-refractivity contribution in [3.8, 4) is 11.5 Å². The summed E-state index contributed by atoms with van der Waals surface area (Å²) in [6.45, 7) is -3.48. The van der Waals surface area contributed by atoms with E-state index < -0.39 is 43.0 Å². The van der Waals surface area contributed by atoms with E-state index in [1.54, 1.807) is 18.2 Å². The Bertz CT molecular complexity index is 1660. The van der Waals surface area contributed by atoms with Gasteiger partial charge in [-0.25, -0.2) is 0 Å². The zero-order valence-electron chi connectivity index (χ0n) is 22.1. The molecule has 1 fully saturated rings. The molecule has 3 N–H and O–H groups in total. The lowest BCUT2D eigenvalue weighted by atomic mass is 10.1. The van der Waals surface area contributed by atoms with Crippen molar-refractivity contribution in [2.75, 3.05) is 13.1 Å². The van der Waals surface area contributed by atoms with Crippen LogP contribution in [0, 0.1) is 0 Å². The van der Waals surface area contributed by atoms with Crippen LogP contribution in [0.15, 0.2) is 82.7 Å². The van der Waals surface area contributed by atoms with Crippen LogP contribution in [0.3, 0.4) is 0 Å². The average molecular weight is 593 g/mol. The van der Waals surface area contributed by atoms with Gasteiger partial charge in [0.25, 0.3) is 5.91 Å². The number of rotatable bonds is 8. The fraction of sp³-hybridized carbons (Fsp3) is 0.233. The zero-order chi connectivity index (χ0) is 29.2. The molecule has 2 aliphatic heterocycles. The number of carbonyl (C=O) groups is 3. The Morgan fingerprint density at radius 3 is 2.71 bits per heavy atom. The highest BCUT2D eigenvalue weighted by molar-refractivity contribution is 7.99. The molecule has 3 amide bonds. The fourth-order valence-electron chi connectivity index (χ4n) is 5.11. The van der Waals surface area contributed by atoms with E-state index in [9.17, 15) is 23.2 Å². The minimum absolute atomic E-state index is 0.0893. The first-order valence-corrected chi connectivity index (χ1v) is 14.1. The van der Waals surface area contributed by atoms with Crippen LogP contribution in [0.25, 0.3) is 10.9 Å². The second-order valence-corrected chi connectivity index (χ2v) is 11.0. The zero-order valence-corrected chi connectivity index (χ0v) is 23.0. The van der Waals surface area contributed by atoms with Crippen molar-refractivity contribution in [1.82, 2.24) is 20.5 Å². The second-order valence-electron chi connectivity index (χ2n) is 9.93. The summed E-state index contributed by atoms with van der Waals surface area (Å²) in [4.78, 5) is 45.3. The molecule has 216 valence electrons. The first kappa shape index (κ1) is 27.7. The number of halogens is 2. The maximum absolute atomic E-state index is 13.1. The van der Waals surface area contributed by atoms with E-state index >= 15 is 0 Å². The van der Waals surface area contributed by atoms with E-state index in [-0.39, 0.29) is 25.1 Å². The highest BCUT2D eigenvalue weighted by atomic mass is 32.2. The molecule has 2 aliphatic rings. The lowest BCUT2D eigenvalue weighted by Crippen LogP contribution is -2.48. The largest absolute Gasteiger partial charge is 0.455 e. The van der Waals surface area contributed by atoms with Gasteiger partial charge in [-0.05, 0) is 59.5 Å². The van der Waals surface area contributed by atoms with Gasteiger partial charge in [0, 0.05) is 36.8 Å². The Hall–Kier alpha value is -4.42. The standard InChI is InChI=1S/C30H26F2N4O5S/c31-30(32)40-20-13-22(29(39)34-14-17-5-7-21-18(11-17)9-10-33-21)36(16-20)27(37)15-35-28(38)19-6-8-26-24(12-19)41-23-3-1-2-4-25(23)42-26/h1-12,20,22,30,33H,13-16H2,(H,34,39)(H,35,38)/t20-,22+/m1/s1. The molecular weight excluding hydrogens is 566 g/mol. The van der Waals surface area contributed by atoms with Gasteiger partial charge in [0.05, 0.1) is 22.4 Å². The predicted molar refractivity (Wildman–Crippen MR) is 151 cm³/mol. The maximum Gasteiger partial charge on any atom is 0.345 e. The number of carbonyl (C=O) groups excluding carboxylic acids is 3. The molecule has 12 heteroatoms. The third-order valence-electron chi connectivity index (χ3n) is 7.16. The molecule has 0 spiro atoms. The number of H-pyrrole nitrogens is 1. The van der Waals surface area contributed by atoms with Crippen molar-refractivity contribution in [2.45, 2.75) is 41.5 Å². The van der Waals surface area contributed by atoms with Crippen LogP contribution in [0.4, 0.5) is 8.78 Å². The van der Waals surface area contributed by atoms with E-state index in [1.165, 1.54) is 16.7 Å². The maximum atomic E-state index is 13.1. The van der Waals surface area contributed by atoms with E-state index in [0.717, 1.165) is 26.3 Å². The number of likely N-dealkylation sites (tertiary alicyclic amines) is 1. The summed E-state index contributed by atoms with van der Waals surface area (Å²) in [6, 6.07) is 19.1. The molecule has 1 saturated heterocycles. The Labute approximate surface area is 243 Å². The van der Waals surface area contributed by atoms with Crippen LogP contribution in [0.2, 0.25) is 0 Å². The van der Waals surface area contributed by atoms with Crippen LogP contribution < -0.4 is 15.4 Å². The summed E-state index contributed by atoms with van der Waals surface area (Å²) >= 11 is 1.53. The highest BCUT2D eigenvalue weighted by Gasteiger charge is 2.41. The summed E-state index contributed by atoms with van der Waals surface area (Å²) in [5.41, 5.74) is 2.09. The smallest absolute Gasteiger partial charge is 0.345 e. The van der Waals surface area contributed by atoms with Crippen molar-refractivity contribution in [2.24, 2.45) is 0 Å². The third-order valence-corrected chi connectivity index (χ3v) is 8.27.